The van der Waals surface area contributed by atoms with Gasteiger partial charge in [-0.3, -0.25) is 9.97 Å². The molecule has 2 aromatic rings. The van der Waals surface area contributed by atoms with E-state index >= 15 is 0 Å². The monoisotopic (exact) mass is 293 g/mol. The first-order chi connectivity index (χ1) is 10.5. The molecule has 2 bridgehead atoms. The number of hydrogen-bond acceptors (Lipinski definition) is 3. The normalized spacial score (nSPS) is 17.7. The Morgan fingerprint density at radius 2 is 1.95 bits per heavy atom. The van der Waals surface area contributed by atoms with E-state index < -0.39 is 0 Å². The molecule has 3 aliphatic rings. The fraction of sp³-hybridized carbons (Fsp3) is 0.474. The zero-order chi connectivity index (χ0) is 15.3. The molecule has 0 N–H and O–H groups in total. The van der Waals surface area contributed by atoms with E-state index in [4.69, 9.17) is 4.98 Å². The van der Waals surface area contributed by atoms with Crippen molar-refractivity contribution in [2.24, 2.45) is 0 Å². The Hall–Kier alpha value is -1.90. The molecule has 0 spiro atoms. The third kappa shape index (κ3) is 2.11. The van der Waals surface area contributed by atoms with Crippen LogP contribution in [0.3, 0.4) is 0 Å². The molecule has 3 aliphatic heterocycles. The second-order valence-electron chi connectivity index (χ2n) is 7.54. The van der Waals surface area contributed by atoms with Gasteiger partial charge in [-0.15, -0.1) is 0 Å². The van der Waals surface area contributed by atoms with Gasteiger partial charge in [0.1, 0.15) is 0 Å². The smallest absolute Gasteiger partial charge is 0.0678 e. The van der Waals surface area contributed by atoms with E-state index in [2.05, 4.69) is 42.8 Å². The summed E-state index contributed by atoms with van der Waals surface area (Å²) < 4.78 is 0. The predicted molar refractivity (Wildman–Crippen MR) is 90.4 cm³/mol. The molecule has 5 rings (SSSR count). The number of pyridine rings is 2. The van der Waals surface area contributed by atoms with Crippen molar-refractivity contribution in [1.29, 1.82) is 0 Å². The summed E-state index contributed by atoms with van der Waals surface area (Å²) in [6.45, 7) is 9.07. The van der Waals surface area contributed by atoms with Crippen LogP contribution < -0.4 is 4.90 Å². The molecule has 114 valence electrons. The first-order valence-corrected chi connectivity index (χ1v) is 8.25. The average molecular weight is 293 g/mol. The fourth-order valence-electron chi connectivity index (χ4n) is 3.68. The molecule has 0 aromatic carbocycles. The van der Waals surface area contributed by atoms with E-state index in [0.717, 1.165) is 0 Å². The van der Waals surface area contributed by atoms with Crippen LogP contribution in [0.5, 0.6) is 0 Å². The lowest BCUT2D eigenvalue weighted by Gasteiger charge is -2.43. The van der Waals surface area contributed by atoms with Gasteiger partial charge in [0, 0.05) is 53.6 Å². The standard InChI is InChI=1S/C19H23N3/c1-19(2,3)16-11-15(14-5-4-8-20-12-14)18-17(21-16)13-6-9-22(18)10-7-13/h4-5,8,11-13H,6-7,9-10H2,1-3H3. The van der Waals surface area contributed by atoms with E-state index in [1.54, 1.807) is 0 Å². The van der Waals surface area contributed by atoms with E-state index in [1.807, 2.05) is 18.5 Å². The van der Waals surface area contributed by atoms with Crippen LogP contribution in [0.15, 0.2) is 30.6 Å². The lowest BCUT2D eigenvalue weighted by atomic mass is 9.82. The van der Waals surface area contributed by atoms with Gasteiger partial charge in [-0.2, -0.15) is 0 Å². The Bertz CT molecular complexity index is 693. The molecule has 22 heavy (non-hydrogen) atoms. The van der Waals surface area contributed by atoms with Crippen LogP contribution in [0.25, 0.3) is 11.1 Å². The molecule has 3 nitrogen and oxygen atoms in total. The number of anilines is 1. The summed E-state index contributed by atoms with van der Waals surface area (Å²) in [7, 11) is 0. The third-order valence-electron chi connectivity index (χ3n) is 4.96. The molecular weight excluding hydrogens is 270 g/mol. The van der Waals surface area contributed by atoms with Gasteiger partial charge in [0.2, 0.25) is 0 Å². The summed E-state index contributed by atoms with van der Waals surface area (Å²) in [5.74, 6) is 0.637. The number of rotatable bonds is 1. The summed E-state index contributed by atoms with van der Waals surface area (Å²) in [6.07, 6.45) is 6.32. The lowest BCUT2D eigenvalue weighted by Crippen LogP contribution is -2.40. The van der Waals surface area contributed by atoms with Gasteiger partial charge < -0.3 is 4.90 Å². The van der Waals surface area contributed by atoms with Crippen LogP contribution in [0.1, 0.15) is 50.9 Å². The molecule has 1 fully saturated rings. The molecule has 5 heterocycles. The predicted octanol–water partition coefficient (Wildman–Crippen LogP) is 4.14. The summed E-state index contributed by atoms with van der Waals surface area (Å²) in [5.41, 5.74) is 6.47. The molecular formula is C19H23N3. The first-order valence-electron chi connectivity index (χ1n) is 8.25. The summed E-state index contributed by atoms with van der Waals surface area (Å²) >= 11 is 0. The zero-order valence-electron chi connectivity index (χ0n) is 13.6. The summed E-state index contributed by atoms with van der Waals surface area (Å²) in [4.78, 5) is 11.9. The Morgan fingerprint density at radius 1 is 1.18 bits per heavy atom. The molecule has 0 atom stereocenters. The lowest BCUT2D eigenvalue weighted by molar-refractivity contribution is 0.457. The number of nitrogens with zero attached hydrogens (tertiary/aromatic N) is 3. The number of piperidine rings is 1. The highest BCUT2D eigenvalue weighted by Gasteiger charge is 2.35. The van der Waals surface area contributed by atoms with Crippen LogP contribution >= 0.6 is 0 Å². The largest absolute Gasteiger partial charge is 0.370 e. The van der Waals surface area contributed by atoms with Gasteiger partial charge in [-0.05, 0) is 25.0 Å². The van der Waals surface area contributed by atoms with Crippen molar-refractivity contribution in [3.05, 3.63) is 42.0 Å². The minimum absolute atomic E-state index is 0.0675. The molecule has 1 saturated heterocycles. The Balaban J connectivity index is 1.98. The van der Waals surface area contributed by atoms with Crippen molar-refractivity contribution in [3.63, 3.8) is 0 Å². The Morgan fingerprint density at radius 3 is 2.59 bits per heavy atom. The first kappa shape index (κ1) is 13.7. The second kappa shape index (κ2) is 4.80. The van der Waals surface area contributed by atoms with Crippen LogP contribution in [0, 0.1) is 0 Å². The van der Waals surface area contributed by atoms with Crippen molar-refractivity contribution in [3.8, 4) is 11.1 Å². The average Bonchev–Trinajstić information content (AvgIpc) is 2.55. The minimum atomic E-state index is 0.0675. The van der Waals surface area contributed by atoms with Crippen molar-refractivity contribution in [2.45, 2.75) is 44.9 Å². The quantitative estimate of drug-likeness (QED) is 0.791. The maximum atomic E-state index is 5.09. The Labute approximate surface area is 132 Å². The molecule has 0 aliphatic carbocycles. The molecule has 0 amide bonds. The van der Waals surface area contributed by atoms with Crippen molar-refractivity contribution >= 4 is 5.69 Å². The highest BCUT2D eigenvalue weighted by atomic mass is 15.2. The highest BCUT2D eigenvalue weighted by molar-refractivity contribution is 5.82. The zero-order valence-corrected chi connectivity index (χ0v) is 13.6. The van der Waals surface area contributed by atoms with E-state index in [9.17, 15) is 0 Å². The van der Waals surface area contributed by atoms with Gasteiger partial charge in [0.15, 0.2) is 0 Å². The van der Waals surface area contributed by atoms with Gasteiger partial charge in [0.25, 0.3) is 0 Å². The number of fused-ring (bicyclic) bond motifs is 2. The summed E-state index contributed by atoms with van der Waals surface area (Å²) in [6, 6.07) is 6.48. The Kier molecular flexibility index (Phi) is 3.00. The van der Waals surface area contributed by atoms with E-state index in [0.29, 0.717) is 5.92 Å². The van der Waals surface area contributed by atoms with Crippen LogP contribution in [0.2, 0.25) is 0 Å². The molecule has 3 heteroatoms. The topological polar surface area (TPSA) is 29.0 Å². The van der Waals surface area contributed by atoms with Gasteiger partial charge in [-0.25, -0.2) is 0 Å². The fourth-order valence-corrected chi connectivity index (χ4v) is 3.68. The van der Waals surface area contributed by atoms with E-state index in [-0.39, 0.29) is 5.41 Å². The maximum Gasteiger partial charge on any atom is 0.0678 e. The van der Waals surface area contributed by atoms with Crippen molar-refractivity contribution in [1.82, 2.24) is 9.97 Å². The summed E-state index contributed by atoms with van der Waals surface area (Å²) in [5, 5.41) is 0. The SMILES string of the molecule is CC(C)(C)c1cc(-c2cccnc2)c2c(n1)C1CCN2CC1. The molecule has 0 radical (unpaired) electrons. The molecule has 0 saturated carbocycles. The number of hydrogen-bond donors (Lipinski definition) is 0. The minimum Gasteiger partial charge on any atom is -0.370 e. The van der Waals surface area contributed by atoms with Crippen LogP contribution in [-0.4, -0.2) is 23.1 Å². The van der Waals surface area contributed by atoms with E-state index in [1.165, 1.54) is 54.1 Å². The van der Waals surface area contributed by atoms with Crippen LogP contribution in [0.4, 0.5) is 5.69 Å². The van der Waals surface area contributed by atoms with Crippen molar-refractivity contribution < 1.29 is 0 Å². The molecule has 2 aromatic heterocycles. The van der Waals surface area contributed by atoms with Gasteiger partial charge in [0.05, 0.1) is 11.4 Å². The van der Waals surface area contributed by atoms with Gasteiger partial charge >= 0.3 is 0 Å². The van der Waals surface area contributed by atoms with Crippen LogP contribution in [-0.2, 0) is 5.41 Å². The van der Waals surface area contributed by atoms with Crippen molar-refractivity contribution in [2.75, 3.05) is 18.0 Å². The second-order valence-corrected chi connectivity index (χ2v) is 7.54. The maximum absolute atomic E-state index is 5.09. The highest BCUT2D eigenvalue weighted by Crippen LogP contribution is 2.47. The molecule has 0 unspecified atom stereocenters. The van der Waals surface area contributed by atoms with Gasteiger partial charge in [-0.1, -0.05) is 26.8 Å². The third-order valence-corrected chi connectivity index (χ3v) is 4.96. The number of aromatic nitrogens is 2.